The van der Waals surface area contributed by atoms with E-state index in [0.717, 1.165) is 18.8 Å². The molecule has 0 spiro atoms. The van der Waals surface area contributed by atoms with Crippen LogP contribution in [0.5, 0.6) is 5.75 Å². The molecule has 0 aliphatic heterocycles. The minimum Gasteiger partial charge on any atom is -0.491 e. The van der Waals surface area contributed by atoms with Crippen molar-refractivity contribution in [3.05, 3.63) is 29.8 Å². The van der Waals surface area contributed by atoms with Gasteiger partial charge in [-0.1, -0.05) is 26.0 Å². The molecule has 0 bridgehead atoms. The summed E-state index contributed by atoms with van der Waals surface area (Å²) in [4.78, 5) is 2.53. The Labute approximate surface area is 130 Å². The van der Waals surface area contributed by atoms with Gasteiger partial charge in [0.1, 0.15) is 5.75 Å². The van der Waals surface area contributed by atoms with Gasteiger partial charge in [-0.3, -0.25) is 4.90 Å². The third kappa shape index (κ3) is 5.68. The number of hydrogen-bond acceptors (Lipinski definition) is 3. The minimum atomic E-state index is 0.219. The van der Waals surface area contributed by atoms with Crippen molar-refractivity contribution in [1.29, 1.82) is 0 Å². The molecule has 3 nitrogen and oxygen atoms in total. The van der Waals surface area contributed by atoms with Crippen LogP contribution in [0.15, 0.2) is 24.3 Å². The van der Waals surface area contributed by atoms with Crippen LogP contribution >= 0.6 is 0 Å². The van der Waals surface area contributed by atoms with Crippen molar-refractivity contribution in [2.45, 2.75) is 59.2 Å². The molecule has 0 aliphatic rings. The maximum absolute atomic E-state index is 5.71. The Kier molecular flexibility index (Phi) is 7.76. The van der Waals surface area contributed by atoms with E-state index in [0.29, 0.717) is 12.1 Å². The summed E-state index contributed by atoms with van der Waals surface area (Å²) in [5.74, 6) is 0.942. The van der Waals surface area contributed by atoms with E-state index in [4.69, 9.17) is 4.74 Å². The Hall–Kier alpha value is -1.06. The van der Waals surface area contributed by atoms with Crippen molar-refractivity contribution in [3.8, 4) is 5.75 Å². The normalized spacial score (nSPS) is 14.5. The van der Waals surface area contributed by atoms with Gasteiger partial charge in [0.05, 0.1) is 6.10 Å². The van der Waals surface area contributed by atoms with Crippen LogP contribution in [0, 0.1) is 0 Å². The molecule has 3 heteroatoms. The molecular weight excluding hydrogens is 260 g/mol. The van der Waals surface area contributed by atoms with Gasteiger partial charge in [0.2, 0.25) is 0 Å². The predicted molar refractivity (Wildman–Crippen MR) is 91.0 cm³/mol. The summed E-state index contributed by atoms with van der Waals surface area (Å²) in [6, 6.07) is 9.45. The van der Waals surface area contributed by atoms with Crippen LogP contribution in [0.25, 0.3) is 0 Å². The molecule has 1 aromatic rings. The fourth-order valence-corrected chi connectivity index (χ4v) is 2.53. The van der Waals surface area contributed by atoms with Crippen LogP contribution in [-0.2, 0) is 0 Å². The molecule has 1 N–H and O–H groups in total. The summed E-state index contributed by atoms with van der Waals surface area (Å²) in [5, 5.41) is 3.44. The van der Waals surface area contributed by atoms with Crippen LogP contribution in [0.4, 0.5) is 0 Å². The second-order valence-electron chi connectivity index (χ2n) is 5.92. The number of rotatable bonds is 9. The van der Waals surface area contributed by atoms with Crippen molar-refractivity contribution in [3.63, 3.8) is 0 Å². The van der Waals surface area contributed by atoms with Crippen molar-refractivity contribution in [2.75, 3.05) is 20.1 Å². The standard InChI is InChI=1S/C18H32N2O/c1-7-15(5)20(8-2)13-18(19-6)16-9-11-17(12-10-16)21-14(3)4/h9-12,14-15,18-19H,7-8,13H2,1-6H3. The summed E-state index contributed by atoms with van der Waals surface area (Å²) < 4.78 is 5.71. The van der Waals surface area contributed by atoms with Gasteiger partial charge in [0.25, 0.3) is 0 Å². The van der Waals surface area contributed by atoms with Crippen LogP contribution in [0.2, 0.25) is 0 Å². The molecule has 0 amide bonds. The van der Waals surface area contributed by atoms with Gasteiger partial charge in [-0.2, -0.15) is 0 Å². The number of nitrogens with zero attached hydrogens (tertiary/aromatic N) is 1. The van der Waals surface area contributed by atoms with Gasteiger partial charge < -0.3 is 10.1 Å². The lowest BCUT2D eigenvalue weighted by molar-refractivity contribution is 0.194. The molecule has 0 heterocycles. The van der Waals surface area contributed by atoms with E-state index >= 15 is 0 Å². The van der Waals surface area contributed by atoms with Crippen LogP contribution in [0.1, 0.15) is 52.6 Å². The monoisotopic (exact) mass is 292 g/mol. The van der Waals surface area contributed by atoms with Crippen LogP contribution < -0.4 is 10.1 Å². The van der Waals surface area contributed by atoms with Gasteiger partial charge in [-0.15, -0.1) is 0 Å². The van der Waals surface area contributed by atoms with Gasteiger partial charge in [0, 0.05) is 18.6 Å². The molecule has 0 saturated heterocycles. The number of ether oxygens (including phenoxy) is 1. The van der Waals surface area contributed by atoms with Crippen molar-refractivity contribution in [2.24, 2.45) is 0 Å². The lowest BCUT2D eigenvalue weighted by atomic mass is 10.0. The fraction of sp³-hybridized carbons (Fsp3) is 0.667. The molecule has 1 aromatic carbocycles. The first-order valence-electron chi connectivity index (χ1n) is 8.19. The molecule has 0 aromatic heterocycles. The highest BCUT2D eigenvalue weighted by atomic mass is 16.5. The summed E-state index contributed by atoms with van der Waals surface area (Å²) in [6.07, 6.45) is 1.41. The van der Waals surface area contributed by atoms with Crippen molar-refractivity contribution >= 4 is 0 Å². The Morgan fingerprint density at radius 1 is 1.10 bits per heavy atom. The Balaban J connectivity index is 2.75. The van der Waals surface area contributed by atoms with Gasteiger partial charge in [-0.05, 0) is 58.5 Å². The highest BCUT2D eigenvalue weighted by molar-refractivity contribution is 5.29. The molecule has 1 rings (SSSR count). The topological polar surface area (TPSA) is 24.5 Å². The molecule has 0 saturated carbocycles. The summed E-state index contributed by atoms with van der Waals surface area (Å²) in [5.41, 5.74) is 1.32. The molecule has 2 unspecified atom stereocenters. The van der Waals surface area contributed by atoms with E-state index in [2.05, 4.69) is 69.1 Å². The fourth-order valence-electron chi connectivity index (χ4n) is 2.53. The zero-order chi connectivity index (χ0) is 15.8. The van der Waals surface area contributed by atoms with E-state index in [9.17, 15) is 0 Å². The minimum absolute atomic E-state index is 0.219. The van der Waals surface area contributed by atoms with E-state index in [-0.39, 0.29) is 6.10 Å². The first-order valence-corrected chi connectivity index (χ1v) is 8.19. The molecule has 0 radical (unpaired) electrons. The van der Waals surface area contributed by atoms with Crippen molar-refractivity contribution in [1.82, 2.24) is 10.2 Å². The zero-order valence-electron chi connectivity index (χ0n) is 14.5. The maximum Gasteiger partial charge on any atom is 0.119 e. The highest BCUT2D eigenvalue weighted by Gasteiger charge is 2.17. The van der Waals surface area contributed by atoms with Gasteiger partial charge in [0.15, 0.2) is 0 Å². The van der Waals surface area contributed by atoms with Crippen LogP contribution in [-0.4, -0.2) is 37.2 Å². The quantitative estimate of drug-likeness (QED) is 0.748. The van der Waals surface area contributed by atoms with E-state index < -0.39 is 0 Å². The largest absolute Gasteiger partial charge is 0.491 e. The third-order valence-electron chi connectivity index (χ3n) is 4.04. The molecule has 21 heavy (non-hydrogen) atoms. The van der Waals surface area contributed by atoms with E-state index in [1.807, 2.05) is 7.05 Å². The number of likely N-dealkylation sites (N-methyl/N-ethyl adjacent to an activating group) is 2. The van der Waals surface area contributed by atoms with E-state index in [1.165, 1.54) is 12.0 Å². The van der Waals surface area contributed by atoms with Crippen LogP contribution in [0.3, 0.4) is 0 Å². The average molecular weight is 292 g/mol. The molecule has 120 valence electrons. The molecule has 0 aliphatic carbocycles. The second kappa shape index (κ2) is 9.06. The van der Waals surface area contributed by atoms with Crippen molar-refractivity contribution < 1.29 is 4.74 Å². The van der Waals surface area contributed by atoms with Gasteiger partial charge >= 0.3 is 0 Å². The smallest absolute Gasteiger partial charge is 0.119 e. The first kappa shape index (κ1) is 18.0. The Morgan fingerprint density at radius 3 is 2.14 bits per heavy atom. The Bertz CT molecular complexity index is 389. The zero-order valence-corrected chi connectivity index (χ0v) is 14.5. The molecule has 2 atom stereocenters. The third-order valence-corrected chi connectivity index (χ3v) is 4.04. The maximum atomic E-state index is 5.71. The van der Waals surface area contributed by atoms with E-state index in [1.54, 1.807) is 0 Å². The first-order chi connectivity index (χ1) is 10.0. The lowest BCUT2D eigenvalue weighted by Gasteiger charge is -2.31. The lowest BCUT2D eigenvalue weighted by Crippen LogP contribution is -2.39. The predicted octanol–water partition coefficient (Wildman–Crippen LogP) is 3.85. The molecule has 0 fully saturated rings. The Morgan fingerprint density at radius 2 is 1.71 bits per heavy atom. The number of nitrogens with one attached hydrogen (secondary N) is 1. The van der Waals surface area contributed by atoms with Gasteiger partial charge in [-0.25, -0.2) is 0 Å². The summed E-state index contributed by atoms with van der Waals surface area (Å²) >= 11 is 0. The number of hydrogen-bond donors (Lipinski definition) is 1. The SMILES string of the molecule is CCC(C)N(CC)CC(NC)c1ccc(OC(C)C)cc1. The number of benzene rings is 1. The highest BCUT2D eigenvalue weighted by Crippen LogP contribution is 2.20. The average Bonchev–Trinajstić information content (AvgIpc) is 2.48. The second-order valence-corrected chi connectivity index (χ2v) is 5.92. The summed E-state index contributed by atoms with van der Waals surface area (Å²) in [6.45, 7) is 13.0. The summed E-state index contributed by atoms with van der Waals surface area (Å²) in [7, 11) is 2.04. The molecular formula is C18H32N2O.